The summed E-state index contributed by atoms with van der Waals surface area (Å²) in [5, 5.41) is 0. The summed E-state index contributed by atoms with van der Waals surface area (Å²) in [6.07, 6.45) is 20.2. The van der Waals surface area contributed by atoms with Gasteiger partial charge in [0.25, 0.3) is 0 Å². The smallest absolute Gasteiger partial charge is 0.162 e. The summed E-state index contributed by atoms with van der Waals surface area (Å²) in [7, 11) is 0. The van der Waals surface area contributed by atoms with E-state index in [-0.39, 0.29) is 5.92 Å². The minimum Gasteiger partial charge on any atom is -0.203 e. The maximum atomic E-state index is 14.3. The first-order valence-electron chi connectivity index (χ1n) is 11.7. The second-order valence-corrected chi connectivity index (χ2v) is 9.37. The van der Waals surface area contributed by atoms with Crippen molar-refractivity contribution in [1.82, 2.24) is 0 Å². The molecule has 2 heteroatoms. The van der Waals surface area contributed by atoms with E-state index < -0.39 is 11.6 Å². The van der Waals surface area contributed by atoms with Crippen LogP contribution in [-0.2, 0) is 0 Å². The van der Waals surface area contributed by atoms with Gasteiger partial charge >= 0.3 is 0 Å². The van der Waals surface area contributed by atoms with E-state index in [2.05, 4.69) is 19.1 Å². The van der Waals surface area contributed by atoms with Gasteiger partial charge in [-0.25, -0.2) is 8.78 Å². The first kappa shape index (κ1) is 21.5. The zero-order chi connectivity index (χ0) is 19.9. The summed E-state index contributed by atoms with van der Waals surface area (Å²) in [5.41, 5.74) is 0.991. The molecule has 0 radical (unpaired) electrons. The van der Waals surface area contributed by atoms with Crippen LogP contribution in [0.2, 0.25) is 0 Å². The maximum Gasteiger partial charge on any atom is 0.162 e. The van der Waals surface area contributed by atoms with Crippen molar-refractivity contribution in [2.24, 2.45) is 17.8 Å². The molecule has 0 bridgehead atoms. The fraction of sp³-hybridized carbons (Fsp3) is 0.692. The van der Waals surface area contributed by atoms with Crippen LogP contribution in [0.4, 0.5) is 8.78 Å². The minimum absolute atomic E-state index is 0.179. The molecule has 0 aliphatic heterocycles. The van der Waals surface area contributed by atoms with Gasteiger partial charge in [0.15, 0.2) is 11.6 Å². The van der Waals surface area contributed by atoms with Crippen LogP contribution >= 0.6 is 0 Å². The van der Waals surface area contributed by atoms with Crippen molar-refractivity contribution < 1.29 is 8.78 Å². The SMILES string of the molecule is CCCCCC1CCC(/C=C/C2CCC(c3ccc(C)c(F)c3F)CC2)CC1. The fourth-order valence-electron chi connectivity index (χ4n) is 5.27. The van der Waals surface area contributed by atoms with Crippen molar-refractivity contribution in [1.29, 1.82) is 0 Å². The van der Waals surface area contributed by atoms with Crippen LogP contribution in [0.1, 0.15) is 101 Å². The lowest BCUT2D eigenvalue weighted by molar-refractivity contribution is 0.287. The van der Waals surface area contributed by atoms with Gasteiger partial charge in [-0.2, -0.15) is 0 Å². The monoisotopic (exact) mass is 388 g/mol. The number of hydrogen-bond acceptors (Lipinski definition) is 0. The third kappa shape index (κ3) is 5.67. The fourth-order valence-corrected chi connectivity index (χ4v) is 5.27. The Kier molecular flexibility index (Phi) is 8.11. The number of unbranched alkanes of at least 4 members (excludes halogenated alkanes) is 2. The standard InChI is InChI=1S/C26H38F2/c1-3-4-5-6-20-8-10-21(11-9-20)12-13-22-14-16-23(17-15-22)24-18-7-19(2)25(27)26(24)28/h7,12-13,18,20-23H,3-6,8-11,14-17H2,1-2H3/b13-12+. The van der Waals surface area contributed by atoms with E-state index in [1.54, 1.807) is 19.1 Å². The van der Waals surface area contributed by atoms with Crippen molar-refractivity contribution >= 4 is 0 Å². The number of aryl methyl sites for hydroxylation is 1. The summed E-state index contributed by atoms with van der Waals surface area (Å²) in [6, 6.07) is 3.52. The Morgan fingerprint density at radius 2 is 1.43 bits per heavy atom. The summed E-state index contributed by atoms with van der Waals surface area (Å²) < 4.78 is 28.2. The summed E-state index contributed by atoms with van der Waals surface area (Å²) >= 11 is 0. The Bertz CT molecular complexity index is 632. The third-order valence-electron chi connectivity index (χ3n) is 7.28. The molecule has 2 saturated carbocycles. The van der Waals surface area contributed by atoms with Crippen molar-refractivity contribution in [3.63, 3.8) is 0 Å². The second kappa shape index (κ2) is 10.6. The quantitative estimate of drug-likeness (QED) is 0.324. The topological polar surface area (TPSA) is 0 Å². The number of rotatable bonds is 7. The third-order valence-corrected chi connectivity index (χ3v) is 7.28. The van der Waals surface area contributed by atoms with Crippen LogP contribution in [0, 0.1) is 36.3 Å². The predicted octanol–water partition coefficient (Wildman–Crippen LogP) is 8.49. The van der Waals surface area contributed by atoms with E-state index >= 15 is 0 Å². The molecule has 1 aromatic carbocycles. The molecule has 0 amide bonds. The zero-order valence-corrected chi connectivity index (χ0v) is 17.9. The predicted molar refractivity (Wildman–Crippen MR) is 115 cm³/mol. The molecular weight excluding hydrogens is 350 g/mol. The molecule has 0 saturated heterocycles. The van der Waals surface area contributed by atoms with E-state index in [0.717, 1.165) is 37.5 Å². The molecule has 0 heterocycles. The van der Waals surface area contributed by atoms with Crippen LogP contribution in [0.15, 0.2) is 24.3 Å². The molecule has 0 N–H and O–H groups in total. The minimum atomic E-state index is -0.662. The number of halogens is 2. The van der Waals surface area contributed by atoms with Gasteiger partial charge in [-0.3, -0.25) is 0 Å². The zero-order valence-electron chi connectivity index (χ0n) is 17.9. The molecular formula is C26H38F2. The maximum absolute atomic E-state index is 14.3. The highest BCUT2D eigenvalue weighted by molar-refractivity contribution is 5.28. The Morgan fingerprint density at radius 3 is 2.04 bits per heavy atom. The highest BCUT2D eigenvalue weighted by Gasteiger charge is 2.25. The van der Waals surface area contributed by atoms with Crippen molar-refractivity contribution in [3.8, 4) is 0 Å². The lowest BCUT2D eigenvalue weighted by Crippen LogP contribution is -2.15. The molecule has 0 atom stereocenters. The molecule has 2 aliphatic carbocycles. The van der Waals surface area contributed by atoms with Gasteiger partial charge in [-0.1, -0.05) is 56.9 Å². The Hall–Kier alpha value is -1.18. The van der Waals surface area contributed by atoms with Gasteiger partial charge in [0.1, 0.15) is 0 Å². The van der Waals surface area contributed by atoms with Crippen LogP contribution in [0.3, 0.4) is 0 Å². The van der Waals surface area contributed by atoms with E-state index in [1.165, 1.54) is 51.4 Å². The van der Waals surface area contributed by atoms with E-state index in [0.29, 0.717) is 17.0 Å². The van der Waals surface area contributed by atoms with Gasteiger partial charge in [0, 0.05) is 0 Å². The average Bonchev–Trinajstić information content (AvgIpc) is 2.72. The van der Waals surface area contributed by atoms with E-state index in [9.17, 15) is 8.78 Å². The summed E-state index contributed by atoms with van der Waals surface area (Å²) in [5.74, 6) is 1.26. The number of hydrogen-bond donors (Lipinski definition) is 0. The van der Waals surface area contributed by atoms with Crippen molar-refractivity contribution in [3.05, 3.63) is 47.0 Å². The molecule has 156 valence electrons. The summed E-state index contributed by atoms with van der Waals surface area (Å²) in [4.78, 5) is 0. The molecule has 2 fully saturated rings. The molecule has 0 aromatic heterocycles. The van der Waals surface area contributed by atoms with Crippen LogP contribution < -0.4 is 0 Å². The van der Waals surface area contributed by atoms with Gasteiger partial charge in [-0.15, -0.1) is 0 Å². The molecule has 0 nitrogen and oxygen atoms in total. The normalized spacial score (nSPS) is 28.7. The molecule has 0 spiro atoms. The van der Waals surface area contributed by atoms with Crippen molar-refractivity contribution in [2.45, 2.75) is 96.8 Å². The van der Waals surface area contributed by atoms with Gasteiger partial charge in [0.05, 0.1) is 0 Å². The van der Waals surface area contributed by atoms with Crippen LogP contribution in [-0.4, -0.2) is 0 Å². The lowest BCUT2D eigenvalue weighted by Gasteiger charge is -2.29. The van der Waals surface area contributed by atoms with Crippen molar-refractivity contribution in [2.75, 3.05) is 0 Å². The molecule has 3 rings (SSSR count). The van der Waals surface area contributed by atoms with Crippen LogP contribution in [0.25, 0.3) is 0 Å². The summed E-state index contributed by atoms with van der Waals surface area (Å²) in [6.45, 7) is 3.91. The van der Waals surface area contributed by atoms with E-state index in [4.69, 9.17) is 0 Å². The molecule has 28 heavy (non-hydrogen) atoms. The lowest BCUT2D eigenvalue weighted by atomic mass is 9.76. The first-order chi connectivity index (χ1) is 13.6. The number of benzene rings is 1. The van der Waals surface area contributed by atoms with Gasteiger partial charge < -0.3 is 0 Å². The first-order valence-corrected chi connectivity index (χ1v) is 11.7. The second-order valence-electron chi connectivity index (χ2n) is 9.37. The molecule has 0 unspecified atom stereocenters. The highest BCUT2D eigenvalue weighted by Crippen LogP contribution is 2.39. The Morgan fingerprint density at radius 1 is 0.821 bits per heavy atom. The highest BCUT2D eigenvalue weighted by atomic mass is 19.2. The Labute approximate surface area is 170 Å². The number of allylic oxidation sites excluding steroid dienone is 2. The van der Waals surface area contributed by atoms with Gasteiger partial charge in [0.2, 0.25) is 0 Å². The Balaban J connectivity index is 1.42. The van der Waals surface area contributed by atoms with E-state index in [1.807, 2.05) is 0 Å². The largest absolute Gasteiger partial charge is 0.203 e. The van der Waals surface area contributed by atoms with Crippen LogP contribution in [0.5, 0.6) is 0 Å². The average molecular weight is 389 g/mol. The molecule has 1 aromatic rings. The van der Waals surface area contributed by atoms with Gasteiger partial charge in [-0.05, 0) is 93.1 Å². The molecule has 2 aliphatic rings.